The SMILES string of the molecule is CCC1OC1C/C=C/C/C=C/CCCCCCCC(=O)O. The molecule has 2 atom stereocenters. The molecule has 0 saturated carbocycles. The van der Waals surface area contributed by atoms with Gasteiger partial charge in [-0.1, -0.05) is 50.5 Å². The van der Waals surface area contributed by atoms with Crippen LogP contribution < -0.4 is 0 Å². The third kappa shape index (κ3) is 10.3. The van der Waals surface area contributed by atoms with Gasteiger partial charge in [0.1, 0.15) is 0 Å². The zero-order valence-corrected chi connectivity index (χ0v) is 13.3. The summed E-state index contributed by atoms with van der Waals surface area (Å²) in [5.41, 5.74) is 0. The van der Waals surface area contributed by atoms with E-state index in [1.54, 1.807) is 0 Å². The smallest absolute Gasteiger partial charge is 0.303 e. The fraction of sp³-hybridized carbons (Fsp3) is 0.722. The Morgan fingerprint density at radius 2 is 1.71 bits per heavy atom. The molecule has 0 amide bonds. The first-order valence-electron chi connectivity index (χ1n) is 8.41. The Morgan fingerprint density at radius 1 is 1.00 bits per heavy atom. The second kappa shape index (κ2) is 11.6. The monoisotopic (exact) mass is 294 g/mol. The third-order valence-corrected chi connectivity index (χ3v) is 3.83. The highest BCUT2D eigenvalue weighted by molar-refractivity contribution is 5.66. The summed E-state index contributed by atoms with van der Waals surface area (Å²) in [4.78, 5) is 10.3. The van der Waals surface area contributed by atoms with E-state index in [2.05, 4.69) is 31.2 Å². The fourth-order valence-electron chi connectivity index (χ4n) is 2.43. The number of carbonyl (C=O) groups is 1. The van der Waals surface area contributed by atoms with Crippen LogP contribution in [-0.2, 0) is 9.53 Å². The van der Waals surface area contributed by atoms with Crippen molar-refractivity contribution in [2.45, 2.75) is 83.3 Å². The van der Waals surface area contributed by atoms with Crippen LogP contribution in [0.15, 0.2) is 24.3 Å². The quantitative estimate of drug-likeness (QED) is 0.299. The first kappa shape index (κ1) is 18.0. The van der Waals surface area contributed by atoms with Crippen LogP contribution in [0.5, 0.6) is 0 Å². The largest absolute Gasteiger partial charge is 0.481 e. The molecule has 1 saturated heterocycles. The topological polar surface area (TPSA) is 49.8 Å². The molecular formula is C18H30O3. The van der Waals surface area contributed by atoms with E-state index in [4.69, 9.17) is 9.84 Å². The number of aliphatic carboxylic acids is 1. The van der Waals surface area contributed by atoms with Crippen LogP contribution in [0, 0.1) is 0 Å². The molecule has 1 fully saturated rings. The highest BCUT2D eigenvalue weighted by atomic mass is 16.6. The van der Waals surface area contributed by atoms with Crippen molar-refractivity contribution < 1.29 is 14.6 Å². The first-order valence-corrected chi connectivity index (χ1v) is 8.41. The van der Waals surface area contributed by atoms with Crippen LogP contribution in [0.3, 0.4) is 0 Å². The lowest BCUT2D eigenvalue weighted by Gasteiger charge is -1.98. The predicted octanol–water partition coefficient (Wildman–Crippen LogP) is 4.87. The van der Waals surface area contributed by atoms with Gasteiger partial charge in [0, 0.05) is 6.42 Å². The second-order valence-electron chi connectivity index (χ2n) is 5.74. The summed E-state index contributed by atoms with van der Waals surface area (Å²) in [5, 5.41) is 8.51. The maximum Gasteiger partial charge on any atom is 0.303 e. The van der Waals surface area contributed by atoms with E-state index in [-0.39, 0.29) is 0 Å². The van der Waals surface area contributed by atoms with Crippen LogP contribution in [0.2, 0.25) is 0 Å². The molecule has 21 heavy (non-hydrogen) atoms. The van der Waals surface area contributed by atoms with Crippen LogP contribution in [0.25, 0.3) is 0 Å². The highest BCUT2D eigenvalue weighted by Crippen LogP contribution is 2.28. The second-order valence-corrected chi connectivity index (χ2v) is 5.74. The molecular weight excluding hydrogens is 264 g/mol. The third-order valence-electron chi connectivity index (χ3n) is 3.83. The highest BCUT2D eigenvalue weighted by Gasteiger charge is 2.35. The summed E-state index contributed by atoms with van der Waals surface area (Å²) < 4.78 is 5.48. The van der Waals surface area contributed by atoms with Crippen molar-refractivity contribution in [2.75, 3.05) is 0 Å². The van der Waals surface area contributed by atoms with Crippen molar-refractivity contribution in [3.8, 4) is 0 Å². The van der Waals surface area contributed by atoms with E-state index in [1.165, 1.54) is 12.8 Å². The molecule has 0 aliphatic carbocycles. The Balaban J connectivity index is 1.80. The minimum Gasteiger partial charge on any atom is -0.481 e. The van der Waals surface area contributed by atoms with Crippen molar-refractivity contribution in [1.29, 1.82) is 0 Å². The van der Waals surface area contributed by atoms with Crippen LogP contribution in [-0.4, -0.2) is 23.3 Å². The maximum atomic E-state index is 10.3. The summed E-state index contributed by atoms with van der Waals surface area (Å²) in [6, 6.07) is 0. The van der Waals surface area contributed by atoms with Gasteiger partial charge in [0.25, 0.3) is 0 Å². The Morgan fingerprint density at radius 3 is 2.43 bits per heavy atom. The molecule has 0 aromatic heterocycles. The molecule has 0 aromatic rings. The molecule has 1 N–H and O–H groups in total. The number of hydrogen-bond donors (Lipinski definition) is 1. The van der Waals surface area contributed by atoms with Crippen molar-refractivity contribution in [3.05, 3.63) is 24.3 Å². The van der Waals surface area contributed by atoms with Gasteiger partial charge in [0.15, 0.2) is 0 Å². The van der Waals surface area contributed by atoms with Gasteiger partial charge in [-0.3, -0.25) is 4.79 Å². The number of unbranched alkanes of at least 4 members (excludes halogenated alkanes) is 5. The minimum atomic E-state index is -0.676. The molecule has 0 bridgehead atoms. The van der Waals surface area contributed by atoms with E-state index < -0.39 is 5.97 Å². The lowest BCUT2D eigenvalue weighted by atomic mass is 10.1. The number of epoxide rings is 1. The molecule has 0 radical (unpaired) electrons. The Kier molecular flexibility index (Phi) is 9.88. The van der Waals surface area contributed by atoms with Gasteiger partial charge in [0.2, 0.25) is 0 Å². The van der Waals surface area contributed by atoms with Gasteiger partial charge in [-0.05, 0) is 38.5 Å². The summed E-state index contributed by atoms with van der Waals surface area (Å²) in [7, 11) is 0. The van der Waals surface area contributed by atoms with Crippen molar-refractivity contribution in [3.63, 3.8) is 0 Å². The zero-order valence-electron chi connectivity index (χ0n) is 13.3. The van der Waals surface area contributed by atoms with Crippen LogP contribution in [0.4, 0.5) is 0 Å². The van der Waals surface area contributed by atoms with Crippen molar-refractivity contribution in [2.24, 2.45) is 0 Å². The Hall–Kier alpha value is -1.09. The number of rotatable bonds is 13. The van der Waals surface area contributed by atoms with Crippen molar-refractivity contribution in [1.82, 2.24) is 0 Å². The lowest BCUT2D eigenvalue weighted by molar-refractivity contribution is -0.137. The summed E-state index contributed by atoms with van der Waals surface area (Å²) in [5.74, 6) is -0.676. The maximum absolute atomic E-state index is 10.3. The Labute approximate surface area is 129 Å². The van der Waals surface area contributed by atoms with Gasteiger partial charge in [0.05, 0.1) is 12.2 Å². The molecule has 1 rings (SSSR count). The molecule has 1 heterocycles. The molecule has 120 valence electrons. The molecule has 3 nitrogen and oxygen atoms in total. The number of ether oxygens (including phenoxy) is 1. The van der Waals surface area contributed by atoms with E-state index in [1.807, 2.05) is 0 Å². The molecule has 1 aliphatic rings. The van der Waals surface area contributed by atoms with Gasteiger partial charge in [-0.25, -0.2) is 0 Å². The van der Waals surface area contributed by atoms with E-state index in [0.717, 1.165) is 44.9 Å². The first-order chi connectivity index (χ1) is 10.2. The molecule has 2 unspecified atom stereocenters. The zero-order chi connectivity index (χ0) is 15.3. The average molecular weight is 294 g/mol. The summed E-state index contributed by atoms with van der Waals surface area (Å²) in [6.45, 7) is 2.17. The fourth-order valence-corrected chi connectivity index (χ4v) is 2.43. The number of carboxylic acids is 1. The van der Waals surface area contributed by atoms with Crippen molar-refractivity contribution >= 4 is 5.97 Å². The number of allylic oxidation sites excluding steroid dienone is 3. The Bertz CT molecular complexity index is 333. The van der Waals surface area contributed by atoms with Gasteiger partial charge in [-0.2, -0.15) is 0 Å². The molecule has 1 aliphatic heterocycles. The van der Waals surface area contributed by atoms with Crippen LogP contribution in [0.1, 0.15) is 71.1 Å². The summed E-state index contributed by atoms with van der Waals surface area (Å²) in [6.07, 6.45) is 20.0. The predicted molar refractivity (Wildman–Crippen MR) is 86.4 cm³/mol. The molecule has 3 heteroatoms. The van der Waals surface area contributed by atoms with Gasteiger partial charge in [-0.15, -0.1) is 0 Å². The number of hydrogen-bond acceptors (Lipinski definition) is 2. The molecule has 0 aromatic carbocycles. The molecule has 0 spiro atoms. The lowest BCUT2D eigenvalue weighted by Crippen LogP contribution is -1.93. The normalized spacial score (nSPS) is 21.4. The standard InChI is InChI=1S/C18H30O3/c1-2-16-17(21-16)14-12-10-8-6-4-3-5-7-9-11-13-15-18(19)20/h4,6,10,12,16-17H,2-3,5,7-9,11,13-15H2,1H3,(H,19,20)/b6-4+,12-10+. The average Bonchev–Trinajstić information content (AvgIpc) is 3.22. The van der Waals surface area contributed by atoms with E-state index >= 15 is 0 Å². The van der Waals surface area contributed by atoms with Gasteiger partial charge >= 0.3 is 5.97 Å². The number of carboxylic acid groups (broad SMARTS) is 1. The van der Waals surface area contributed by atoms with E-state index in [0.29, 0.717) is 18.6 Å². The van der Waals surface area contributed by atoms with Gasteiger partial charge < -0.3 is 9.84 Å². The minimum absolute atomic E-state index is 0.317. The summed E-state index contributed by atoms with van der Waals surface area (Å²) >= 11 is 0. The van der Waals surface area contributed by atoms with E-state index in [9.17, 15) is 4.79 Å². The van der Waals surface area contributed by atoms with Crippen LogP contribution >= 0.6 is 0 Å².